The molecule has 3 nitrogen and oxygen atoms in total. The van der Waals surface area contributed by atoms with Crippen molar-refractivity contribution in [1.82, 2.24) is 10.2 Å². The first-order valence-corrected chi connectivity index (χ1v) is 8.02. The maximum atomic E-state index is 5.53. The third kappa shape index (κ3) is 3.67. The Bertz CT molecular complexity index is 592. The number of nitrogens with one attached hydrogen (secondary N) is 1. The van der Waals surface area contributed by atoms with E-state index in [0.717, 1.165) is 44.9 Å². The first-order chi connectivity index (χ1) is 10.9. The zero-order valence-electron chi connectivity index (χ0n) is 13.2. The summed E-state index contributed by atoms with van der Waals surface area (Å²) in [6.45, 7) is 5.65. The summed E-state index contributed by atoms with van der Waals surface area (Å²) < 4.78 is 5.53. The first kappa shape index (κ1) is 15.1. The van der Waals surface area contributed by atoms with Gasteiger partial charge in [0.25, 0.3) is 0 Å². The number of piperazine rings is 1. The Hall–Kier alpha value is -1.84. The molecule has 1 heterocycles. The normalized spacial score (nSPS) is 15.7. The molecule has 116 valence electrons. The van der Waals surface area contributed by atoms with Gasteiger partial charge in [-0.25, -0.2) is 0 Å². The fraction of sp³-hybridized carbons (Fsp3) is 0.368. The molecule has 22 heavy (non-hydrogen) atoms. The van der Waals surface area contributed by atoms with E-state index in [1.54, 1.807) is 7.11 Å². The number of methoxy groups -OCH3 is 1. The van der Waals surface area contributed by atoms with E-state index in [4.69, 9.17) is 4.74 Å². The van der Waals surface area contributed by atoms with Crippen LogP contribution in [-0.4, -0.2) is 44.7 Å². The molecule has 0 bridgehead atoms. The smallest absolute Gasteiger partial charge is 0.126 e. The van der Waals surface area contributed by atoms with Gasteiger partial charge in [-0.15, -0.1) is 0 Å². The molecule has 0 amide bonds. The number of nitrogens with zero attached hydrogens (tertiary/aromatic N) is 1. The summed E-state index contributed by atoms with van der Waals surface area (Å²) in [7, 11) is 1.74. The number of ether oxygens (including phenoxy) is 1. The van der Waals surface area contributed by atoms with Gasteiger partial charge < -0.3 is 15.0 Å². The van der Waals surface area contributed by atoms with Crippen LogP contribution in [0, 0.1) is 0 Å². The minimum Gasteiger partial charge on any atom is -0.496 e. The Morgan fingerprint density at radius 2 is 1.82 bits per heavy atom. The molecule has 0 spiro atoms. The van der Waals surface area contributed by atoms with E-state index in [0.29, 0.717) is 0 Å². The zero-order chi connectivity index (χ0) is 15.2. The predicted octanol–water partition coefficient (Wildman–Crippen LogP) is 2.81. The molecule has 0 saturated carbocycles. The molecule has 0 radical (unpaired) electrons. The second kappa shape index (κ2) is 7.43. The highest BCUT2D eigenvalue weighted by atomic mass is 16.5. The van der Waals surface area contributed by atoms with E-state index >= 15 is 0 Å². The highest BCUT2D eigenvalue weighted by molar-refractivity contribution is 5.71. The molecule has 2 aromatic carbocycles. The van der Waals surface area contributed by atoms with Gasteiger partial charge in [0, 0.05) is 38.3 Å². The van der Waals surface area contributed by atoms with E-state index in [1.807, 2.05) is 6.07 Å². The average molecular weight is 296 g/mol. The highest BCUT2D eigenvalue weighted by Crippen LogP contribution is 2.30. The van der Waals surface area contributed by atoms with Gasteiger partial charge in [-0.2, -0.15) is 0 Å². The largest absolute Gasteiger partial charge is 0.496 e. The van der Waals surface area contributed by atoms with Gasteiger partial charge in [-0.1, -0.05) is 36.4 Å². The van der Waals surface area contributed by atoms with Crippen molar-refractivity contribution in [2.45, 2.75) is 6.42 Å². The molecule has 1 aliphatic rings. The van der Waals surface area contributed by atoms with E-state index in [1.165, 1.54) is 16.7 Å². The Kier molecular flexibility index (Phi) is 5.09. The van der Waals surface area contributed by atoms with Crippen LogP contribution in [0.2, 0.25) is 0 Å². The minimum atomic E-state index is 0.942. The molecule has 0 aliphatic carbocycles. The lowest BCUT2D eigenvalue weighted by molar-refractivity contribution is 0.244. The van der Waals surface area contributed by atoms with Crippen molar-refractivity contribution in [3.8, 4) is 16.9 Å². The molecular weight excluding hydrogens is 272 g/mol. The fourth-order valence-corrected chi connectivity index (χ4v) is 2.98. The summed E-state index contributed by atoms with van der Waals surface area (Å²) in [5, 5.41) is 3.40. The zero-order valence-corrected chi connectivity index (χ0v) is 13.2. The van der Waals surface area contributed by atoms with Crippen molar-refractivity contribution in [3.63, 3.8) is 0 Å². The van der Waals surface area contributed by atoms with Crippen LogP contribution in [-0.2, 0) is 6.42 Å². The van der Waals surface area contributed by atoms with Crippen LogP contribution in [0.25, 0.3) is 11.1 Å². The van der Waals surface area contributed by atoms with Crippen molar-refractivity contribution < 1.29 is 4.74 Å². The first-order valence-electron chi connectivity index (χ1n) is 8.02. The molecule has 0 aromatic heterocycles. The van der Waals surface area contributed by atoms with E-state index < -0.39 is 0 Å². The third-order valence-electron chi connectivity index (χ3n) is 4.28. The van der Waals surface area contributed by atoms with Gasteiger partial charge in [0.05, 0.1) is 7.11 Å². The van der Waals surface area contributed by atoms with Gasteiger partial charge in [0.15, 0.2) is 0 Å². The SMILES string of the molecule is COc1ccc(CCN2CCNCC2)cc1-c1ccccc1. The Balaban J connectivity index is 1.75. The van der Waals surface area contributed by atoms with Gasteiger partial charge in [0.2, 0.25) is 0 Å². The quantitative estimate of drug-likeness (QED) is 0.918. The molecule has 2 aromatic rings. The predicted molar refractivity (Wildman–Crippen MR) is 91.4 cm³/mol. The Morgan fingerprint density at radius 3 is 2.55 bits per heavy atom. The summed E-state index contributed by atoms with van der Waals surface area (Å²) in [4.78, 5) is 2.53. The van der Waals surface area contributed by atoms with Crippen LogP contribution >= 0.6 is 0 Å². The molecule has 0 atom stereocenters. The van der Waals surface area contributed by atoms with Crippen LogP contribution < -0.4 is 10.1 Å². The van der Waals surface area contributed by atoms with Crippen molar-refractivity contribution in [2.75, 3.05) is 39.8 Å². The van der Waals surface area contributed by atoms with Crippen LogP contribution in [0.4, 0.5) is 0 Å². The monoisotopic (exact) mass is 296 g/mol. The fourth-order valence-electron chi connectivity index (χ4n) is 2.98. The second-order valence-electron chi connectivity index (χ2n) is 5.74. The second-order valence-corrected chi connectivity index (χ2v) is 5.74. The summed E-state index contributed by atoms with van der Waals surface area (Å²) in [6.07, 6.45) is 1.09. The summed E-state index contributed by atoms with van der Waals surface area (Å²) in [5.41, 5.74) is 3.77. The van der Waals surface area contributed by atoms with Crippen molar-refractivity contribution >= 4 is 0 Å². The summed E-state index contributed by atoms with van der Waals surface area (Å²) >= 11 is 0. The maximum Gasteiger partial charge on any atom is 0.126 e. The van der Waals surface area contributed by atoms with Crippen LogP contribution in [0.15, 0.2) is 48.5 Å². The number of rotatable bonds is 5. The number of hydrogen-bond acceptors (Lipinski definition) is 3. The third-order valence-corrected chi connectivity index (χ3v) is 4.28. The van der Waals surface area contributed by atoms with Gasteiger partial charge in [0.1, 0.15) is 5.75 Å². The van der Waals surface area contributed by atoms with Gasteiger partial charge in [-0.3, -0.25) is 0 Å². The van der Waals surface area contributed by atoms with Crippen LogP contribution in [0.1, 0.15) is 5.56 Å². The van der Waals surface area contributed by atoms with Crippen LogP contribution in [0.3, 0.4) is 0 Å². The van der Waals surface area contributed by atoms with E-state index in [2.05, 4.69) is 52.7 Å². The van der Waals surface area contributed by atoms with Gasteiger partial charge in [-0.05, 0) is 29.7 Å². The minimum absolute atomic E-state index is 0.942. The molecule has 0 unspecified atom stereocenters. The Morgan fingerprint density at radius 1 is 1.05 bits per heavy atom. The van der Waals surface area contributed by atoms with Gasteiger partial charge >= 0.3 is 0 Å². The van der Waals surface area contributed by atoms with Crippen molar-refractivity contribution in [2.24, 2.45) is 0 Å². The number of hydrogen-bond donors (Lipinski definition) is 1. The van der Waals surface area contributed by atoms with E-state index in [-0.39, 0.29) is 0 Å². The standard InChI is InChI=1S/C19H24N2O/c1-22-19-8-7-16(9-12-21-13-10-20-11-14-21)15-18(19)17-5-3-2-4-6-17/h2-8,15,20H,9-14H2,1H3. The lowest BCUT2D eigenvalue weighted by Gasteiger charge is -2.27. The van der Waals surface area contributed by atoms with Crippen molar-refractivity contribution in [3.05, 3.63) is 54.1 Å². The molecule has 3 rings (SSSR count). The molecule has 3 heteroatoms. The lowest BCUT2D eigenvalue weighted by atomic mass is 10.0. The highest BCUT2D eigenvalue weighted by Gasteiger charge is 2.11. The molecular formula is C19H24N2O. The molecule has 1 aliphatic heterocycles. The maximum absolute atomic E-state index is 5.53. The summed E-state index contributed by atoms with van der Waals surface area (Å²) in [5.74, 6) is 0.942. The molecule has 1 fully saturated rings. The summed E-state index contributed by atoms with van der Waals surface area (Å²) in [6, 6.07) is 17.0. The lowest BCUT2D eigenvalue weighted by Crippen LogP contribution is -2.44. The molecule has 1 N–H and O–H groups in total. The Labute approximate surface area is 132 Å². The van der Waals surface area contributed by atoms with E-state index in [9.17, 15) is 0 Å². The number of benzene rings is 2. The molecule has 1 saturated heterocycles. The topological polar surface area (TPSA) is 24.5 Å². The van der Waals surface area contributed by atoms with Crippen molar-refractivity contribution in [1.29, 1.82) is 0 Å². The average Bonchev–Trinajstić information content (AvgIpc) is 2.61. The van der Waals surface area contributed by atoms with Crippen LogP contribution in [0.5, 0.6) is 5.75 Å².